The van der Waals surface area contributed by atoms with Crippen LogP contribution in [0.15, 0.2) is 59.7 Å². The Labute approximate surface area is 192 Å². The normalized spacial score (nSPS) is 14.0. The number of benzene rings is 3. The third-order valence-electron chi connectivity index (χ3n) is 5.42. The molecule has 3 aromatic carbocycles. The van der Waals surface area contributed by atoms with Crippen LogP contribution in [0.1, 0.15) is 40.9 Å². The summed E-state index contributed by atoms with van der Waals surface area (Å²) in [6.45, 7) is 2.56. The second-order valence-electron chi connectivity index (χ2n) is 7.61. The minimum absolute atomic E-state index is 0.247. The summed E-state index contributed by atoms with van der Waals surface area (Å²) >= 11 is 0. The number of fused-ring (bicyclic) bond motifs is 6. The van der Waals surface area contributed by atoms with Crippen molar-refractivity contribution in [1.82, 2.24) is 4.91 Å². The summed E-state index contributed by atoms with van der Waals surface area (Å²) in [6, 6.07) is 14.3. The van der Waals surface area contributed by atoms with Crippen LogP contribution in [0.5, 0.6) is 23.0 Å². The van der Waals surface area contributed by atoms with Crippen LogP contribution in [0.4, 0.5) is 5.69 Å². The molecular weight excluding hydrogens is 442 g/mol. The van der Waals surface area contributed by atoms with Crippen LogP contribution < -0.4 is 19.1 Å². The lowest BCUT2D eigenvalue weighted by Gasteiger charge is -2.36. The Bertz CT molecular complexity index is 1390. The number of nitrogens with zero attached hydrogens (tertiary/aromatic N) is 2. The van der Waals surface area contributed by atoms with Crippen molar-refractivity contribution in [2.75, 3.05) is 0 Å². The lowest BCUT2D eigenvalue weighted by Crippen LogP contribution is -2.33. The van der Waals surface area contributed by atoms with E-state index in [4.69, 9.17) is 24.5 Å². The molecule has 0 aromatic heterocycles. The first-order valence-corrected chi connectivity index (χ1v) is 10.1. The molecule has 10 heteroatoms. The third kappa shape index (κ3) is 3.21. The number of rotatable bonds is 3. The summed E-state index contributed by atoms with van der Waals surface area (Å²) in [5.41, 5.74) is 7.73. The second-order valence-corrected chi connectivity index (χ2v) is 7.61. The SMILES string of the molecule is CC(=O)Oc1ccc2c(c1)Oc1cc(OC(C)=O)ccc1C21OC(=O)c2cc(N=[N+]=N)ccc21. The number of carbonyl (C=O) groups excluding carboxylic acids is 3. The molecule has 0 saturated carbocycles. The maximum atomic E-state index is 13.0. The number of hydrogen-bond acceptors (Lipinski definition) is 9. The lowest BCUT2D eigenvalue weighted by atomic mass is 9.77. The first-order chi connectivity index (χ1) is 16.3. The number of carbonyl (C=O) groups is 3. The zero-order valence-corrected chi connectivity index (χ0v) is 17.9. The fourth-order valence-corrected chi connectivity index (χ4v) is 4.26. The molecule has 0 radical (unpaired) electrons. The van der Waals surface area contributed by atoms with Crippen molar-refractivity contribution in [3.63, 3.8) is 0 Å². The van der Waals surface area contributed by atoms with Crippen LogP contribution in [0.3, 0.4) is 0 Å². The average molecular weight is 458 g/mol. The molecule has 2 heterocycles. The van der Waals surface area contributed by atoms with Gasteiger partial charge in [-0.25, -0.2) is 4.79 Å². The van der Waals surface area contributed by atoms with E-state index in [9.17, 15) is 14.4 Å². The highest BCUT2D eigenvalue weighted by molar-refractivity contribution is 5.98. The second kappa shape index (κ2) is 7.65. The quantitative estimate of drug-likeness (QED) is 0.267. The maximum Gasteiger partial charge on any atom is 0.340 e. The molecule has 1 N–H and O–H groups in total. The smallest absolute Gasteiger partial charge is 0.340 e. The molecule has 0 bridgehead atoms. The Morgan fingerprint density at radius 1 is 0.882 bits per heavy atom. The van der Waals surface area contributed by atoms with E-state index in [2.05, 4.69) is 10.0 Å². The Morgan fingerprint density at radius 2 is 1.44 bits per heavy atom. The molecule has 10 nitrogen and oxygen atoms in total. The van der Waals surface area contributed by atoms with Gasteiger partial charge < -0.3 is 18.9 Å². The van der Waals surface area contributed by atoms with Crippen LogP contribution in [0.2, 0.25) is 0 Å². The van der Waals surface area contributed by atoms with E-state index in [1.807, 2.05) is 0 Å². The number of nitrogens with one attached hydrogen (secondary N) is 1. The van der Waals surface area contributed by atoms with Gasteiger partial charge in [0.25, 0.3) is 0 Å². The van der Waals surface area contributed by atoms with Crippen molar-refractivity contribution >= 4 is 23.6 Å². The summed E-state index contributed by atoms with van der Waals surface area (Å²) in [5.74, 6) is -0.519. The van der Waals surface area contributed by atoms with Gasteiger partial charge >= 0.3 is 17.9 Å². The van der Waals surface area contributed by atoms with E-state index < -0.39 is 23.5 Å². The van der Waals surface area contributed by atoms with Gasteiger partial charge in [-0.1, -0.05) is 6.07 Å². The molecule has 0 fully saturated rings. The molecule has 0 amide bonds. The molecule has 0 saturated heterocycles. The van der Waals surface area contributed by atoms with E-state index in [0.29, 0.717) is 33.9 Å². The van der Waals surface area contributed by atoms with Crippen molar-refractivity contribution in [1.29, 1.82) is 5.53 Å². The van der Waals surface area contributed by atoms with Gasteiger partial charge in [-0.3, -0.25) is 9.59 Å². The Balaban J connectivity index is 1.77. The molecule has 0 atom stereocenters. The predicted molar refractivity (Wildman–Crippen MR) is 114 cm³/mol. The first kappa shape index (κ1) is 21.0. The summed E-state index contributed by atoms with van der Waals surface area (Å²) in [5, 5.41) is 3.68. The summed E-state index contributed by atoms with van der Waals surface area (Å²) in [6.07, 6.45) is 0. The molecule has 5 rings (SSSR count). The van der Waals surface area contributed by atoms with Gasteiger partial charge in [0.15, 0.2) is 16.4 Å². The van der Waals surface area contributed by atoms with E-state index in [0.717, 1.165) is 0 Å². The van der Waals surface area contributed by atoms with Crippen molar-refractivity contribution in [3.8, 4) is 23.0 Å². The van der Waals surface area contributed by atoms with Crippen molar-refractivity contribution in [3.05, 3.63) is 76.9 Å². The molecule has 0 aliphatic carbocycles. The minimum atomic E-state index is -1.38. The van der Waals surface area contributed by atoms with Crippen molar-refractivity contribution < 1.29 is 33.3 Å². The van der Waals surface area contributed by atoms with E-state index >= 15 is 0 Å². The zero-order chi connectivity index (χ0) is 24.0. The fraction of sp³-hybridized carbons (Fsp3) is 0.125. The topological polar surface area (TPSA) is 138 Å². The van der Waals surface area contributed by atoms with Gasteiger partial charge in [0.05, 0.1) is 5.56 Å². The standard InChI is InChI=1S/C24H16N3O7/c1-12(28)31-15-4-7-19-21(10-15)33-22-11-16(32-13(2)29)5-8-20(22)24(19)18-6-3-14(26-27-25)9-17(18)23(30)34-24/h3-11,25H,1-2H3/q+1. The Morgan fingerprint density at radius 3 is 1.97 bits per heavy atom. The van der Waals surface area contributed by atoms with Crippen LogP contribution in [0, 0.1) is 5.53 Å². The van der Waals surface area contributed by atoms with Gasteiger partial charge in [0.2, 0.25) is 4.91 Å². The Hall–Kier alpha value is -4.82. The summed E-state index contributed by atoms with van der Waals surface area (Å²) in [7, 11) is 0. The lowest BCUT2D eigenvalue weighted by molar-refractivity contribution is -0.132. The van der Waals surface area contributed by atoms with Crippen LogP contribution in [-0.2, 0) is 19.9 Å². The van der Waals surface area contributed by atoms with Crippen LogP contribution >= 0.6 is 0 Å². The summed E-state index contributed by atoms with van der Waals surface area (Å²) < 4.78 is 22.5. The number of esters is 3. The molecule has 0 unspecified atom stereocenters. The van der Waals surface area contributed by atoms with Gasteiger partial charge in [-0.15, -0.1) is 0 Å². The number of hydrogen-bond donors (Lipinski definition) is 1. The van der Waals surface area contributed by atoms with Gasteiger partial charge in [0, 0.05) is 42.7 Å². The molecule has 2 aliphatic heterocycles. The van der Waals surface area contributed by atoms with Crippen LogP contribution in [0.25, 0.3) is 0 Å². The zero-order valence-electron chi connectivity index (χ0n) is 17.9. The minimum Gasteiger partial charge on any atom is -0.456 e. The van der Waals surface area contributed by atoms with Gasteiger partial charge in [-0.05, 0) is 36.4 Å². The van der Waals surface area contributed by atoms with E-state index in [1.165, 1.54) is 32.0 Å². The average Bonchev–Trinajstić information content (AvgIpc) is 3.05. The molecule has 168 valence electrons. The highest BCUT2D eigenvalue weighted by atomic mass is 16.6. The largest absolute Gasteiger partial charge is 0.456 e. The fourth-order valence-electron chi connectivity index (χ4n) is 4.26. The molecular formula is C24H16N3O7+. The summed E-state index contributed by atoms with van der Waals surface area (Å²) in [4.78, 5) is 39.0. The Kier molecular flexibility index (Phi) is 4.73. The molecule has 3 aromatic rings. The maximum absolute atomic E-state index is 13.0. The van der Waals surface area contributed by atoms with Crippen molar-refractivity contribution in [2.24, 2.45) is 5.11 Å². The monoisotopic (exact) mass is 458 g/mol. The molecule has 1 spiro atoms. The van der Waals surface area contributed by atoms with Gasteiger partial charge in [-0.2, -0.15) is 0 Å². The predicted octanol–water partition coefficient (Wildman–Crippen LogP) is 4.29. The highest BCUT2D eigenvalue weighted by Crippen LogP contribution is 2.57. The molecule has 2 aliphatic rings. The van der Waals surface area contributed by atoms with Crippen LogP contribution in [-0.4, -0.2) is 17.9 Å². The van der Waals surface area contributed by atoms with Crippen molar-refractivity contribution in [2.45, 2.75) is 19.4 Å². The van der Waals surface area contributed by atoms with E-state index in [-0.39, 0.29) is 17.1 Å². The first-order valence-electron chi connectivity index (χ1n) is 10.1. The van der Waals surface area contributed by atoms with E-state index in [1.54, 1.807) is 36.4 Å². The highest BCUT2D eigenvalue weighted by Gasteiger charge is 2.53. The molecule has 34 heavy (non-hydrogen) atoms. The third-order valence-corrected chi connectivity index (χ3v) is 5.42. The number of ether oxygens (including phenoxy) is 4. The van der Waals surface area contributed by atoms with Gasteiger partial charge in [0.1, 0.15) is 28.5 Å².